The Hall–Kier alpha value is -0.860. The molecule has 2 aromatic carbocycles. The number of hydrogen-bond acceptors (Lipinski definition) is 0. The molecule has 0 saturated heterocycles. The molecule has 3 heteroatoms. The summed E-state index contributed by atoms with van der Waals surface area (Å²) < 4.78 is 13.6. The fourth-order valence-electron chi connectivity index (χ4n) is 3.18. The lowest BCUT2D eigenvalue weighted by Gasteiger charge is -2.22. The van der Waals surface area contributed by atoms with Gasteiger partial charge in [-0.1, -0.05) is 63.9 Å². The zero-order valence-electron chi connectivity index (χ0n) is 11.7. The average Bonchev–Trinajstić information content (AvgIpc) is 2.65. The van der Waals surface area contributed by atoms with Gasteiger partial charge < -0.3 is 0 Å². The average molecular weight is 368 g/mol. The molecule has 3 rings (SSSR count). The van der Waals surface area contributed by atoms with Crippen molar-refractivity contribution >= 4 is 27.5 Å². The van der Waals surface area contributed by atoms with Gasteiger partial charge in [-0.05, 0) is 54.4 Å². The molecule has 1 aliphatic carbocycles. The van der Waals surface area contributed by atoms with Gasteiger partial charge in [0.2, 0.25) is 0 Å². The first-order valence-corrected chi connectivity index (χ1v) is 8.61. The predicted molar refractivity (Wildman–Crippen MR) is 89.7 cm³/mol. The topological polar surface area (TPSA) is 0 Å². The summed E-state index contributed by atoms with van der Waals surface area (Å²) in [5.41, 5.74) is 3.70. The predicted octanol–water partition coefficient (Wildman–Crippen LogP) is 6.11. The van der Waals surface area contributed by atoms with E-state index in [-0.39, 0.29) is 10.8 Å². The summed E-state index contributed by atoms with van der Waals surface area (Å²) in [6, 6.07) is 13.7. The van der Waals surface area contributed by atoms with Gasteiger partial charge in [0.05, 0.1) is 5.02 Å². The van der Waals surface area contributed by atoms with E-state index in [0.717, 1.165) is 31.2 Å². The molecule has 0 bridgehead atoms. The Morgan fingerprint density at radius 2 is 1.95 bits per heavy atom. The Labute approximate surface area is 138 Å². The van der Waals surface area contributed by atoms with Crippen LogP contribution in [0.25, 0.3) is 0 Å². The van der Waals surface area contributed by atoms with Crippen LogP contribution in [-0.2, 0) is 12.8 Å². The van der Waals surface area contributed by atoms with Crippen LogP contribution in [0.15, 0.2) is 42.5 Å². The van der Waals surface area contributed by atoms with Crippen LogP contribution in [0.4, 0.5) is 4.39 Å². The quantitative estimate of drug-likeness (QED) is 0.444. The van der Waals surface area contributed by atoms with Gasteiger partial charge in [-0.25, -0.2) is 4.39 Å². The second-order valence-corrected chi connectivity index (χ2v) is 7.03. The lowest BCUT2D eigenvalue weighted by molar-refractivity contribution is 0.474. The highest BCUT2D eigenvalue weighted by Gasteiger charge is 2.26. The van der Waals surface area contributed by atoms with Crippen LogP contribution < -0.4 is 0 Å². The number of aryl methyl sites for hydroxylation is 1. The van der Waals surface area contributed by atoms with Crippen LogP contribution in [-0.4, -0.2) is 0 Å². The van der Waals surface area contributed by atoms with Crippen LogP contribution >= 0.6 is 27.5 Å². The Kier molecular flexibility index (Phi) is 4.66. The van der Waals surface area contributed by atoms with Crippen molar-refractivity contribution < 1.29 is 4.39 Å². The molecule has 0 nitrogen and oxygen atoms in total. The fraction of sp³-hybridized carbons (Fsp3) is 0.333. The maximum Gasteiger partial charge on any atom is 0.142 e. The minimum atomic E-state index is -0.325. The van der Waals surface area contributed by atoms with E-state index in [1.54, 1.807) is 6.07 Å². The summed E-state index contributed by atoms with van der Waals surface area (Å²) in [6.45, 7) is 0. The molecular formula is C18H17BrClF. The summed E-state index contributed by atoms with van der Waals surface area (Å²) in [7, 11) is 0. The number of alkyl halides is 1. The molecule has 21 heavy (non-hydrogen) atoms. The van der Waals surface area contributed by atoms with Crippen molar-refractivity contribution in [1.29, 1.82) is 0 Å². The van der Waals surface area contributed by atoms with Crippen LogP contribution in [0.1, 0.15) is 34.4 Å². The first kappa shape index (κ1) is 15.1. The SMILES string of the molecule is Fc1cccc(CC2CCCc3ccccc3C2Br)c1Cl. The van der Waals surface area contributed by atoms with Gasteiger partial charge in [0.25, 0.3) is 0 Å². The number of rotatable bonds is 2. The molecule has 0 amide bonds. The molecule has 2 atom stereocenters. The highest BCUT2D eigenvalue weighted by molar-refractivity contribution is 9.09. The molecule has 0 radical (unpaired) electrons. The summed E-state index contributed by atoms with van der Waals surface area (Å²) in [5, 5.41) is 0.273. The standard InChI is InChI=1S/C18H17BrClF/c19-17-13(11-14-8-4-10-16(21)18(14)20)7-3-6-12-5-1-2-9-15(12)17/h1-2,4-5,8-10,13,17H,3,6-7,11H2. The van der Waals surface area contributed by atoms with E-state index in [1.165, 1.54) is 17.2 Å². The van der Waals surface area contributed by atoms with E-state index in [0.29, 0.717) is 10.7 Å². The third kappa shape index (κ3) is 3.17. The van der Waals surface area contributed by atoms with E-state index in [1.807, 2.05) is 6.07 Å². The van der Waals surface area contributed by atoms with Crippen LogP contribution in [0, 0.1) is 11.7 Å². The zero-order chi connectivity index (χ0) is 14.8. The smallest absolute Gasteiger partial charge is 0.142 e. The fourth-order valence-corrected chi connectivity index (χ4v) is 4.28. The first-order valence-electron chi connectivity index (χ1n) is 7.31. The van der Waals surface area contributed by atoms with Gasteiger partial charge in [0.15, 0.2) is 0 Å². The Balaban J connectivity index is 1.88. The van der Waals surface area contributed by atoms with E-state index < -0.39 is 0 Å². The second kappa shape index (κ2) is 6.50. The Morgan fingerprint density at radius 1 is 1.14 bits per heavy atom. The molecule has 0 aliphatic heterocycles. The van der Waals surface area contributed by atoms with Crippen molar-refractivity contribution in [3.05, 3.63) is 70.0 Å². The molecule has 110 valence electrons. The largest absolute Gasteiger partial charge is 0.205 e. The van der Waals surface area contributed by atoms with E-state index in [2.05, 4.69) is 40.2 Å². The van der Waals surface area contributed by atoms with Crippen molar-refractivity contribution in [2.45, 2.75) is 30.5 Å². The summed E-state index contributed by atoms with van der Waals surface area (Å²) in [5.74, 6) is 0.113. The van der Waals surface area contributed by atoms with Gasteiger partial charge in [-0.3, -0.25) is 0 Å². The van der Waals surface area contributed by atoms with Crippen molar-refractivity contribution in [1.82, 2.24) is 0 Å². The highest BCUT2D eigenvalue weighted by Crippen LogP contribution is 2.41. The lowest BCUT2D eigenvalue weighted by atomic mass is 9.90. The van der Waals surface area contributed by atoms with Gasteiger partial charge in [0, 0.05) is 4.83 Å². The number of halogens is 3. The van der Waals surface area contributed by atoms with Gasteiger partial charge in [-0.15, -0.1) is 0 Å². The lowest BCUT2D eigenvalue weighted by Crippen LogP contribution is -2.11. The van der Waals surface area contributed by atoms with Gasteiger partial charge in [0.1, 0.15) is 5.82 Å². The van der Waals surface area contributed by atoms with Crippen molar-refractivity contribution in [3.8, 4) is 0 Å². The molecule has 2 unspecified atom stereocenters. The molecule has 1 aliphatic rings. The van der Waals surface area contributed by atoms with E-state index >= 15 is 0 Å². The molecule has 0 heterocycles. The van der Waals surface area contributed by atoms with Crippen molar-refractivity contribution in [2.75, 3.05) is 0 Å². The molecule has 2 aromatic rings. The summed E-state index contributed by atoms with van der Waals surface area (Å²) in [6.07, 6.45) is 4.21. The van der Waals surface area contributed by atoms with Crippen molar-refractivity contribution in [2.24, 2.45) is 5.92 Å². The maximum atomic E-state index is 13.6. The minimum Gasteiger partial charge on any atom is -0.205 e. The molecular weight excluding hydrogens is 351 g/mol. The summed E-state index contributed by atoms with van der Waals surface area (Å²) >= 11 is 9.98. The van der Waals surface area contributed by atoms with E-state index in [4.69, 9.17) is 11.6 Å². The molecule has 0 aromatic heterocycles. The van der Waals surface area contributed by atoms with Crippen molar-refractivity contribution in [3.63, 3.8) is 0 Å². The molecule has 0 fully saturated rings. The normalized spacial score (nSPS) is 21.7. The summed E-state index contributed by atoms with van der Waals surface area (Å²) in [4.78, 5) is 0.301. The van der Waals surface area contributed by atoms with Crippen LogP contribution in [0.2, 0.25) is 5.02 Å². The van der Waals surface area contributed by atoms with Gasteiger partial charge in [-0.2, -0.15) is 0 Å². The van der Waals surface area contributed by atoms with Gasteiger partial charge >= 0.3 is 0 Å². The Bertz CT molecular complexity index is 641. The molecule has 0 N–H and O–H groups in total. The van der Waals surface area contributed by atoms with E-state index in [9.17, 15) is 4.39 Å². The van der Waals surface area contributed by atoms with Crippen LogP contribution in [0.5, 0.6) is 0 Å². The zero-order valence-corrected chi connectivity index (χ0v) is 14.0. The number of benzene rings is 2. The minimum absolute atomic E-state index is 0.273. The Morgan fingerprint density at radius 3 is 2.81 bits per heavy atom. The monoisotopic (exact) mass is 366 g/mol. The third-order valence-corrected chi connectivity index (χ3v) is 5.96. The maximum absolute atomic E-state index is 13.6. The molecule has 0 saturated carbocycles. The first-order chi connectivity index (χ1) is 10.2. The van der Waals surface area contributed by atoms with Crippen LogP contribution in [0.3, 0.4) is 0 Å². The number of fused-ring (bicyclic) bond motifs is 1. The second-order valence-electron chi connectivity index (χ2n) is 5.67. The third-order valence-electron chi connectivity index (χ3n) is 4.30. The highest BCUT2D eigenvalue weighted by atomic mass is 79.9. The number of hydrogen-bond donors (Lipinski definition) is 0. The molecule has 0 spiro atoms.